The monoisotopic (exact) mass is 341 g/mol. The van der Waals surface area contributed by atoms with Crippen LogP contribution in [0.3, 0.4) is 0 Å². The van der Waals surface area contributed by atoms with Crippen LogP contribution in [0.1, 0.15) is 13.8 Å². The maximum atomic E-state index is 13.4. The summed E-state index contributed by atoms with van der Waals surface area (Å²) in [4.78, 5) is 3.95. The minimum atomic E-state index is -3.97. The standard InChI is InChI=1S/C15H20FN3O3S/c1-12(2)9-18-10-15(17-11-18)23(21,22)19(6-7-20)14-5-3-4-13(16)8-14/h3-5,8,10-12,20H,6-7,9H2,1-2H3. The lowest BCUT2D eigenvalue weighted by molar-refractivity contribution is 0.306. The van der Waals surface area contributed by atoms with Gasteiger partial charge in [-0.3, -0.25) is 4.31 Å². The third-order valence-electron chi connectivity index (χ3n) is 3.14. The summed E-state index contributed by atoms with van der Waals surface area (Å²) in [6.07, 6.45) is 2.90. The first-order chi connectivity index (χ1) is 10.8. The van der Waals surface area contributed by atoms with Gasteiger partial charge < -0.3 is 9.67 Å². The van der Waals surface area contributed by atoms with Gasteiger partial charge in [-0.15, -0.1) is 0 Å². The SMILES string of the molecule is CC(C)Cn1cnc(S(=O)(=O)N(CCO)c2cccc(F)c2)c1. The average molecular weight is 341 g/mol. The Hall–Kier alpha value is -1.93. The molecule has 0 atom stereocenters. The van der Waals surface area contributed by atoms with Crippen LogP contribution in [0.2, 0.25) is 0 Å². The molecule has 1 N–H and O–H groups in total. The molecule has 23 heavy (non-hydrogen) atoms. The van der Waals surface area contributed by atoms with Crippen molar-refractivity contribution >= 4 is 15.7 Å². The molecule has 0 aliphatic carbocycles. The van der Waals surface area contributed by atoms with E-state index in [1.165, 1.54) is 30.7 Å². The highest BCUT2D eigenvalue weighted by atomic mass is 32.2. The molecule has 0 bridgehead atoms. The summed E-state index contributed by atoms with van der Waals surface area (Å²) < 4.78 is 41.6. The second-order valence-electron chi connectivity index (χ2n) is 5.58. The van der Waals surface area contributed by atoms with E-state index in [4.69, 9.17) is 0 Å². The van der Waals surface area contributed by atoms with Crippen LogP contribution in [-0.4, -0.2) is 36.2 Å². The number of aromatic nitrogens is 2. The van der Waals surface area contributed by atoms with Crippen LogP contribution in [0.4, 0.5) is 10.1 Å². The van der Waals surface area contributed by atoms with Gasteiger partial charge in [-0.2, -0.15) is 8.42 Å². The molecule has 0 radical (unpaired) electrons. The normalized spacial score (nSPS) is 11.9. The summed E-state index contributed by atoms with van der Waals surface area (Å²) in [5, 5.41) is 9.05. The fraction of sp³-hybridized carbons (Fsp3) is 0.400. The van der Waals surface area contributed by atoms with Crippen molar-refractivity contribution in [1.82, 2.24) is 9.55 Å². The number of rotatable bonds is 7. The van der Waals surface area contributed by atoms with Crippen molar-refractivity contribution in [1.29, 1.82) is 0 Å². The van der Waals surface area contributed by atoms with Gasteiger partial charge in [0, 0.05) is 12.7 Å². The van der Waals surface area contributed by atoms with E-state index in [-0.39, 0.29) is 23.9 Å². The number of nitrogens with zero attached hydrogens (tertiary/aromatic N) is 3. The molecule has 0 amide bonds. The van der Waals surface area contributed by atoms with E-state index in [9.17, 15) is 17.9 Å². The molecule has 1 aromatic heterocycles. The molecule has 0 aliphatic heterocycles. The number of anilines is 1. The second kappa shape index (κ2) is 7.10. The third-order valence-corrected chi connectivity index (χ3v) is 4.85. The van der Waals surface area contributed by atoms with Crippen LogP contribution in [0, 0.1) is 11.7 Å². The Kier molecular flexibility index (Phi) is 5.38. The summed E-state index contributed by atoms with van der Waals surface area (Å²) in [5.41, 5.74) is 0.150. The number of benzene rings is 1. The Labute approximate surface area is 135 Å². The molecule has 6 nitrogen and oxygen atoms in total. The fourth-order valence-corrected chi connectivity index (χ4v) is 3.61. The molecule has 0 saturated carbocycles. The fourth-order valence-electron chi connectivity index (χ4n) is 2.22. The zero-order valence-electron chi connectivity index (χ0n) is 13.1. The molecule has 1 heterocycles. The molecule has 0 spiro atoms. The van der Waals surface area contributed by atoms with Crippen LogP contribution in [-0.2, 0) is 16.6 Å². The number of aliphatic hydroxyl groups excluding tert-OH is 1. The van der Waals surface area contributed by atoms with Crippen LogP contribution >= 0.6 is 0 Å². The predicted molar refractivity (Wildman–Crippen MR) is 85.1 cm³/mol. The van der Waals surface area contributed by atoms with Crippen LogP contribution < -0.4 is 4.31 Å². The van der Waals surface area contributed by atoms with Gasteiger partial charge >= 0.3 is 0 Å². The van der Waals surface area contributed by atoms with Gasteiger partial charge in [0.25, 0.3) is 10.0 Å². The summed E-state index contributed by atoms with van der Waals surface area (Å²) in [7, 11) is -3.97. The molecule has 0 saturated heterocycles. The molecule has 2 aromatic rings. The summed E-state index contributed by atoms with van der Waals surface area (Å²) in [5.74, 6) is -0.206. The van der Waals surface area contributed by atoms with Crippen molar-refractivity contribution in [3.05, 3.63) is 42.6 Å². The Balaban J connectivity index is 2.39. The van der Waals surface area contributed by atoms with Gasteiger partial charge in [0.05, 0.1) is 25.2 Å². The van der Waals surface area contributed by atoms with Gasteiger partial charge in [-0.25, -0.2) is 9.37 Å². The van der Waals surface area contributed by atoms with Gasteiger partial charge in [-0.05, 0) is 24.1 Å². The van der Waals surface area contributed by atoms with E-state index in [0.29, 0.717) is 12.5 Å². The number of halogens is 1. The number of hydrogen-bond donors (Lipinski definition) is 1. The second-order valence-corrected chi connectivity index (χ2v) is 7.39. The van der Waals surface area contributed by atoms with Crippen molar-refractivity contribution in [3.8, 4) is 0 Å². The first-order valence-corrected chi connectivity index (χ1v) is 8.69. The zero-order valence-corrected chi connectivity index (χ0v) is 13.9. The molecule has 8 heteroatoms. The molecule has 126 valence electrons. The third kappa shape index (κ3) is 4.08. The first kappa shape index (κ1) is 17.4. The number of hydrogen-bond acceptors (Lipinski definition) is 4. The number of imidazole rings is 1. The first-order valence-electron chi connectivity index (χ1n) is 7.25. The van der Waals surface area contributed by atoms with Crippen molar-refractivity contribution in [2.75, 3.05) is 17.5 Å². The van der Waals surface area contributed by atoms with Crippen molar-refractivity contribution < 1.29 is 17.9 Å². The highest BCUT2D eigenvalue weighted by Gasteiger charge is 2.27. The van der Waals surface area contributed by atoms with E-state index in [0.717, 1.165) is 10.4 Å². The molecule has 0 unspecified atom stereocenters. The Morgan fingerprint density at radius 2 is 2.13 bits per heavy atom. The van der Waals surface area contributed by atoms with E-state index in [1.807, 2.05) is 13.8 Å². The minimum Gasteiger partial charge on any atom is -0.394 e. The highest BCUT2D eigenvalue weighted by molar-refractivity contribution is 7.92. The zero-order chi connectivity index (χ0) is 17.0. The Bertz CT molecular complexity index is 759. The topological polar surface area (TPSA) is 75.4 Å². The quantitative estimate of drug-likeness (QED) is 0.834. The molecular weight excluding hydrogens is 321 g/mol. The van der Waals surface area contributed by atoms with Gasteiger partial charge in [0.15, 0.2) is 5.03 Å². The lowest BCUT2D eigenvalue weighted by Crippen LogP contribution is -2.34. The Morgan fingerprint density at radius 1 is 1.39 bits per heavy atom. The molecule has 1 aromatic carbocycles. The van der Waals surface area contributed by atoms with Crippen molar-refractivity contribution in [2.24, 2.45) is 5.92 Å². The maximum absolute atomic E-state index is 13.4. The summed E-state index contributed by atoms with van der Waals surface area (Å²) in [6.45, 7) is 4.10. The minimum absolute atomic E-state index is 0.129. The average Bonchev–Trinajstić information content (AvgIpc) is 2.93. The predicted octanol–water partition coefficient (Wildman–Crippen LogP) is 1.87. The summed E-state index contributed by atoms with van der Waals surface area (Å²) in [6, 6.07) is 5.23. The van der Waals surface area contributed by atoms with Crippen LogP contribution in [0.25, 0.3) is 0 Å². The lowest BCUT2D eigenvalue weighted by Gasteiger charge is -2.22. The number of aliphatic hydroxyl groups is 1. The number of sulfonamides is 1. The van der Waals surface area contributed by atoms with Crippen molar-refractivity contribution in [3.63, 3.8) is 0 Å². The van der Waals surface area contributed by atoms with Crippen LogP contribution in [0.5, 0.6) is 0 Å². The lowest BCUT2D eigenvalue weighted by atomic mass is 10.2. The highest BCUT2D eigenvalue weighted by Crippen LogP contribution is 2.23. The van der Waals surface area contributed by atoms with E-state index in [1.54, 1.807) is 4.57 Å². The van der Waals surface area contributed by atoms with E-state index in [2.05, 4.69) is 4.98 Å². The van der Waals surface area contributed by atoms with E-state index >= 15 is 0 Å². The Morgan fingerprint density at radius 3 is 2.74 bits per heavy atom. The van der Waals surface area contributed by atoms with Crippen LogP contribution in [0.15, 0.2) is 41.8 Å². The molecule has 0 fully saturated rings. The molecule has 0 aliphatic rings. The van der Waals surface area contributed by atoms with Crippen molar-refractivity contribution in [2.45, 2.75) is 25.4 Å². The smallest absolute Gasteiger partial charge is 0.283 e. The maximum Gasteiger partial charge on any atom is 0.283 e. The molecule has 2 rings (SSSR count). The molecular formula is C15H20FN3O3S. The largest absolute Gasteiger partial charge is 0.394 e. The van der Waals surface area contributed by atoms with Gasteiger partial charge in [0.2, 0.25) is 0 Å². The summed E-state index contributed by atoms with van der Waals surface area (Å²) >= 11 is 0. The van der Waals surface area contributed by atoms with Gasteiger partial charge in [-0.1, -0.05) is 19.9 Å². The van der Waals surface area contributed by atoms with Gasteiger partial charge in [0.1, 0.15) is 5.82 Å². The van der Waals surface area contributed by atoms with E-state index < -0.39 is 15.8 Å².